The summed E-state index contributed by atoms with van der Waals surface area (Å²) in [6.45, 7) is 3.75. The summed E-state index contributed by atoms with van der Waals surface area (Å²) in [7, 11) is 0. The summed E-state index contributed by atoms with van der Waals surface area (Å²) in [6, 6.07) is 7.07. The van der Waals surface area contributed by atoms with E-state index in [1.54, 1.807) is 24.3 Å². The van der Waals surface area contributed by atoms with Gasteiger partial charge in [-0.3, -0.25) is 0 Å². The zero-order valence-electron chi connectivity index (χ0n) is 10.6. The number of halogens is 3. The van der Waals surface area contributed by atoms with Crippen LogP contribution in [0, 0.1) is 0 Å². The van der Waals surface area contributed by atoms with Gasteiger partial charge in [-0.15, -0.1) is 0 Å². The maximum Gasteiger partial charge on any atom is 0.422 e. The van der Waals surface area contributed by atoms with Crippen molar-refractivity contribution in [3.63, 3.8) is 0 Å². The summed E-state index contributed by atoms with van der Waals surface area (Å²) >= 11 is 0. The molecule has 0 spiro atoms. The third-order valence-corrected chi connectivity index (χ3v) is 2.42. The Balaban J connectivity index is 2.47. The quantitative estimate of drug-likeness (QED) is 0.849. The Kier molecular flexibility index (Phi) is 5.47. The molecule has 0 fully saturated rings. The molecule has 0 amide bonds. The van der Waals surface area contributed by atoms with Crippen molar-refractivity contribution in [1.82, 2.24) is 5.32 Å². The van der Waals surface area contributed by atoms with Crippen molar-refractivity contribution < 1.29 is 17.9 Å². The van der Waals surface area contributed by atoms with Crippen molar-refractivity contribution in [2.75, 3.05) is 13.2 Å². The highest BCUT2D eigenvalue weighted by Crippen LogP contribution is 2.19. The number of alkyl halides is 3. The van der Waals surface area contributed by atoms with Crippen LogP contribution in [0.25, 0.3) is 0 Å². The van der Waals surface area contributed by atoms with Crippen LogP contribution >= 0.6 is 0 Å². The zero-order valence-corrected chi connectivity index (χ0v) is 10.6. The average molecular weight is 261 g/mol. The lowest BCUT2D eigenvalue weighted by atomic mass is 10.1. The lowest BCUT2D eigenvalue weighted by Gasteiger charge is -2.13. The Morgan fingerprint density at radius 3 is 2.33 bits per heavy atom. The Hall–Kier alpha value is -1.23. The molecule has 0 bridgehead atoms. The smallest absolute Gasteiger partial charge is 0.422 e. The molecule has 1 aromatic carbocycles. The molecular weight excluding hydrogens is 243 g/mol. The molecule has 0 heterocycles. The fourth-order valence-electron chi connectivity index (χ4n) is 1.66. The molecule has 0 aliphatic heterocycles. The van der Waals surface area contributed by atoms with Crippen LogP contribution in [0.4, 0.5) is 13.2 Å². The predicted octanol–water partition coefficient (Wildman–Crippen LogP) is 3.17. The SMILES string of the molecule is CCNC(C)Cc1ccc(OCC(F)(F)F)cc1. The second-order valence-electron chi connectivity index (χ2n) is 4.21. The van der Waals surface area contributed by atoms with Crippen LogP contribution in [-0.4, -0.2) is 25.4 Å². The van der Waals surface area contributed by atoms with E-state index in [9.17, 15) is 13.2 Å². The number of hydrogen-bond acceptors (Lipinski definition) is 2. The highest BCUT2D eigenvalue weighted by Gasteiger charge is 2.28. The van der Waals surface area contributed by atoms with E-state index in [1.807, 2.05) is 6.92 Å². The van der Waals surface area contributed by atoms with Gasteiger partial charge >= 0.3 is 6.18 Å². The van der Waals surface area contributed by atoms with Gasteiger partial charge in [0.2, 0.25) is 0 Å². The zero-order chi connectivity index (χ0) is 13.6. The standard InChI is InChI=1S/C13H18F3NO/c1-3-17-10(2)8-11-4-6-12(7-5-11)18-9-13(14,15)16/h4-7,10,17H,3,8-9H2,1-2H3. The molecule has 1 N–H and O–H groups in total. The summed E-state index contributed by atoms with van der Waals surface area (Å²) in [5, 5.41) is 3.27. The minimum Gasteiger partial charge on any atom is -0.484 e. The van der Waals surface area contributed by atoms with Gasteiger partial charge in [0.15, 0.2) is 6.61 Å². The van der Waals surface area contributed by atoms with Gasteiger partial charge in [-0.1, -0.05) is 19.1 Å². The number of ether oxygens (including phenoxy) is 1. The third-order valence-electron chi connectivity index (χ3n) is 2.42. The van der Waals surface area contributed by atoms with E-state index in [2.05, 4.69) is 17.0 Å². The molecule has 1 atom stereocenters. The predicted molar refractivity (Wildman–Crippen MR) is 64.8 cm³/mol. The first-order chi connectivity index (χ1) is 8.40. The van der Waals surface area contributed by atoms with E-state index < -0.39 is 12.8 Å². The summed E-state index contributed by atoms with van der Waals surface area (Å²) in [4.78, 5) is 0. The first-order valence-corrected chi connectivity index (χ1v) is 5.92. The number of benzene rings is 1. The molecule has 0 aliphatic rings. The molecular formula is C13H18F3NO. The summed E-state index contributed by atoms with van der Waals surface area (Å²) in [5.41, 5.74) is 1.07. The van der Waals surface area contributed by atoms with Crippen LogP contribution in [-0.2, 0) is 6.42 Å². The Morgan fingerprint density at radius 2 is 1.83 bits per heavy atom. The molecule has 5 heteroatoms. The van der Waals surface area contributed by atoms with E-state index in [0.717, 1.165) is 18.5 Å². The highest BCUT2D eigenvalue weighted by atomic mass is 19.4. The molecule has 0 radical (unpaired) electrons. The van der Waals surface area contributed by atoms with E-state index in [4.69, 9.17) is 0 Å². The Bertz CT molecular complexity index is 348. The monoisotopic (exact) mass is 261 g/mol. The first kappa shape index (κ1) is 14.8. The van der Waals surface area contributed by atoms with Gasteiger partial charge in [0.25, 0.3) is 0 Å². The van der Waals surface area contributed by atoms with Crippen molar-refractivity contribution >= 4 is 0 Å². The van der Waals surface area contributed by atoms with Crippen LogP contribution in [0.2, 0.25) is 0 Å². The van der Waals surface area contributed by atoms with Gasteiger partial charge in [0.1, 0.15) is 5.75 Å². The van der Waals surface area contributed by atoms with Crippen LogP contribution < -0.4 is 10.1 Å². The number of hydrogen-bond donors (Lipinski definition) is 1. The normalized spacial score (nSPS) is 13.4. The molecule has 1 aromatic rings. The van der Waals surface area contributed by atoms with Crippen molar-refractivity contribution in [2.24, 2.45) is 0 Å². The van der Waals surface area contributed by atoms with Gasteiger partial charge in [0.05, 0.1) is 0 Å². The Labute approximate surface area is 105 Å². The number of nitrogens with one attached hydrogen (secondary N) is 1. The Morgan fingerprint density at radius 1 is 1.22 bits per heavy atom. The lowest BCUT2D eigenvalue weighted by Crippen LogP contribution is -2.27. The largest absolute Gasteiger partial charge is 0.484 e. The van der Waals surface area contributed by atoms with E-state index >= 15 is 0 Å². The van der Waals surface area contributed by atoms with E-state index in [0.29, 0.717) is 6.04 Å². The summed E-state index contributed by atoms with van der Waals surface area (Å²) in [5.74, 6) is 0.243. The molecule has 2 nitrogen and oxygen atoms in total. The van der Waals surface area contributed by atoms with Gasteiger partial charge < -0.3 is 10.1 Å². The lowest BCUT2D eigenvalue weighted by molar-refractivity contribution is -0.153. The number of rotatable bonds is 6. The van der Waals surface area contributed by atoms with Gasteiger partial charge in [-0.05, 0) is 37.6 Å². The summed E-state index contributed by atoms with van der Waals surface area (Å²) in [6.07, 6.45) is -3.45. The van der Waals surface area contributed by atoms with Crippen molar-refractivity contribution in [2.45, 2.75) is 32.5 Å². The molecule has 1 rings (SSSR count). The minimum absolute atomic E-state index is 0.243. The molecule has 0 saturated carbocycles. The molecule has 0 saturated heterocycles. The van der Waals surface area contributed by atoms with Crippen LogP contribution in [0.3, 0.4) is 0 Å². The highest BCUT2D eigenvalue weighted by molar-refractivity contribution is 5.27. The van der Waals surface area contributed by atoms with E-state index in [1.165, 1.54) is 0 Å². The van der Waals surface area contributed by atoms with Crippen molar-refractivity contribution in [3.8, 4) is 5.75 Å². The molecule has 1 unspecified atom stereocenters. The van der Waals surface area contributed by atoms with Crippen LogP contribution in [0.15, 0.2) is 24.3 Å². The van der Waals surface area contributed by atoms with Crippen molar-refractivity contribution in [3.05, 3.63) is 29.8 Å². The molecule has 0 aromatic heterocycles. The topological polar surface area (TPSA) is 21.3 Å². The second kappa shape index (κ2) is 6.64. The third kappa shape index (κ3) is 5.91. The molecule has 18 heavy (non-hydrogen) atoms. The number of likely N-dealkylation sites (N-methyl/N-ethyl adjacent to an activating group) is 1. The fourth-order valence-corrected chi connectivity index (χ4v) is 1.66. The summed E-state index contributed by atoms with van der Waals surface area (Å²) < 4.78 is 40.5. The maximum absolute atomic E-state index is 11.9. The second-order valence-corrected chi connectivity index (χ2v) is 4.21. The molecule has 0 aliphatic carbocycles. The fraction of sp³-hybridized carbons (Fsp3) is 0.538. The van der Waals surface area contributed by atoms with Gasteiger partial charge in [-0.2, -0.15) is 13.2 Å². The average Bonchev–Trinajstić information content (AvgIpc) is 2.27. The van der Waals surface area contributed by atoms with Crippen LogP contribution in [0.1, 0.15) is 19.4 Å². The van der Waals surface area contributed by atoms with E-state index in [-0.39, 0.29) is 5.75 Å². The van der Waals surface area contributed by atoms with Gasteiger partial charge in [-0.25, -0.2) is 0 Å². The first-order valence-electron chi connectivity index (χ1n) is 5.92. The maximum atomic E-state index is 11.9. The van der Waals surface area contributed by atoms with Crippen molar-refractivity contribution in [1.29, 1.82) is 0 Å². The van der Waals surface area contributed by atoms with Crippen LogP contribution in [0.5, 0.6) is 5.75 Å². The van der Waals surface area contributed by atoms with Gasteiger partial charge in [0, 0.05) is 6.04 Å². The minimum atomic E-state index is -4.29. The molecule has 102 valence electrons.